The molecule has 1 heterocycles. The highest BCUT2D eigenvalue weighted by atomic mass is 32.1. The van der Waals surface area contributed by atoms with Gasteiger partial charge in [0.25, 0.3) is 11.8 Å². The fourth-order valence-corrected chi connectivity index (χ4v) is 2.37. The van der Waals surface area contributed by atoms with Crippen molar-refractivity contribution in [2.75, 3.05) is 19.4 Å². The standard InChI is InChI=1S/C14H16N4O2S/c1-18(2)14(20)9-5-3-4-6-10(9)17-13(19)11-8-21-12(7-15)16-11/h3-6,8H,7,15H2,1-2H3,(H,17,19). The summed E-state index contributed by atoms with van der Waals surface area (Å²) in [5.74, 6) is -0.531. The first-order valence-corrected chi connectivity index (χ1v) is 7.17. The van der Waals surface area contributed by atoms with Gasteiger partial charge < -0.3 is 16.0 Å². The second kappa shape index (κ2) is 6.47. The molecule has 1 aromatic carbocycles. The zero-order valence-corrected chi connectivity index (χ0v) is 12.6. The fraction of sp³-hybridized carbons (Fsp3) is 0.214. The van der Waals surface area contributed by atoms with E-state index < -0.39 is 0 Å². The predicted molar refractivity (Wildman–Crippen MR) is 82.4 cm³/mol. The van der Waals surface area contributed by atoms with E-state index in [1.54, 1.807) is 43.7 Å². The van der Waals surface area contributed by atoms with Gasteiger partial charge in [-0.05, 0) is 12.1 Å². The lowest BCUT2D eigenvalue weighted by molar-refractivity contribution is 0.0828. The van der Waals surface area contributed by atoms with Crippen molar-refractivity contribution in [3.8, 4) is 0 Å². The number of amides is 2. The third kappa shape index (κ3) is 3.45. The maximum absolute atomic E-state index is 12.2. The van der Waals surface area contributed by atoms with Crippen LogP contribution in [0.2, 0.25) is 0 Å². The van der Waals surface area contributed by atoms with E-state index in [1.807, 2.05) is 0 Å². The minimum Gasteiger partial charge on any atom is -0.345 e. The maximum atomic E-state index is 12.2. The van der Waals surface area contributed by atoms with Crippen LogP contribution in [0.25, 0.3) is 0 Å². The van der Waals surface area contributed by atoms with Crippen molar-refractivity contribution < 1.29 is 9.59 Å². The van der Waals surface area contributed by atoms with E-state index in [4.69, 9.17) is 5.73 Å². The van der Waals surface area contributed by atoms with Gasteiger partial charge in [-0.15, -0.1) is 11.3 Å². The van der Waals surface area contributed by atoms with Crippen molar-refractivity contribution in [3.63, 3.8) is 0 Å². The Balaban J connectivity index is 2.23. The molecule has 1 aromatic heterocycles. The van der Waals surface area contributed by atoms with Crippen LogP contribution in [0.3, 0.4) is 0 Å². The quantitative estimate of drug-likeness (QED) is 0.897. The molecule has 2 amide bonds. The lowest BCUT2D eigenvalue weighted by atomic mass is 10.1. The molecule has 0 spiro atoms. The van der Waals surface area contributed by atoms with Crippen LogP contribution in [0.4, 0.5) is 5.69 Å². The monoisotopic (exact) mass is 304 g/mol. The number of para-hydroxylation sites is 1. The molecule has 0 aliphatic heterocycles. The molecule has 0 atom stereocenters. The summed E-state index contributed by atoms with van der Waals surface area (Å²) in [7, 11) is 3.32. The number of hydrogen-bond acceptors (Lipinski definition) is 5. The SMILES string of the molecule is CN(C)C(=O)c1ccccc1NC(=O)c1csc(CN)n1. The molecule has 6 nitrogen and oxygen atoms in total. The number of nitrogens with two attached hydrogens (primary N) is 1. The molecule has 2 aromatic rings. The number of hydrogen-bond donors (Lipinski definition) is 2. The van der Waals surface area contributed by atoms with Crippen molar-refractivity contribution in [2.24, 2.45) is 5.73 Å². The molecular weight excluding hydrogens is 288 g/mol. The van der Waals surface area contributed by atoms with Crippen LogP contribution in [0, 0.1) is 0 Å². The summed E-state index contributed by atoms with van der Waals surface area (Å²) >= 11 is 1.33. The Hall–Kier alpha value is -2.25. The second-order valence-electron chi connectivity index (χ2n) is 4.53. The number of benzene rings is 1. The summed E-state index contributed by atoms with van der Waals surface area (Å²) < 4.78 is 0. The van der Waals surface area contributed by atoms with Crippen LogP contribution in [-0.4, -0.2) is 35.8 Å². The molecule has 0 fully saturated rings. The molecule has 7 heteroatoms. The lowest BCUT2D eigenvalue weighted by Crippen LogP contribution is -2.24. The number of nitrogens with one attached hydrogen (secondary N) is 1. The molecule has 0 bridgehead atoms. The largest absolute Gasteiger partial charge is 0.345 e. The average Bonchev–Trinajstić information content (AvgIpc) is 2.96. The molecule has 3 N–H and O–H groups in total. The van der Waals surface area contributed by atoms with Crippen molar-refractivity contribution in [1.29, 1.82) is 0 Å². The van der Waals surface area contributed by atoms with Crippen molar-refractivity contribution >= 4 is 28.8 Å². The molecule has 0 aliphatic carbocycles. The number of anilines is 1. The highest BCUT2D eigenvalue weighted by Crippen LogP contribution is 2.18. The summed E-state index contributed by atoms with van der Waals surface area (Å²) in [6.45, 7) is 0.299. The smallest absolute Gasteiger partial charge is 0.275 e. The molecule has 21 heavy (non-hydrogen) atoms. The number of nitrogens with zero attached hydrogens (tertiary/aromatic N) is 2. The molecule has 0 saturated heterocycles. The Bertz CT molecular complexity index is 666. The van der Waals surface area contributed by atoms with Crippen LogP contribution in [-0.2, 0) is 6.54 Å². The third-order valence-corrected chi connectivity index (χ3v) is 3.64. The summed E-state index contributed by atoms with van der Waals surface area (Å²) in [5, 5.41) is 5.06. The van der Waals surface area contributed by atoms with Gasteiger partial charge in [0.2, 0.25) is 0 Å². The normalized spacial score (nSPS) is 10.2. The van der Waals surface area contributed by atoms with E-state index >= 15 is 0 Å². The van der Waals surface area contributed by atoms with Crippen molar-refractivity contribution in [1.82, 2.24) is 9.88 Å². The molecule has 0 unspecified atom stereocenters. The Labute approximate surface area is 126 Å². The Morgan fingerprint density at radius 2 is 2.05 bits per heavy atom. The van der Waals surface area contributed by atoms with E-state index in [1.165, 1.54) is 16.2 Å². The Morgan fingerprint density at radius 1 is 1.33 bits per heavy atom. The van der Waals surface area contributed by atoms with Crippen LogP contribution in [0.1, 0.15) is 25.9 Å². The first kappa shape index (κ1) is 15.1. The van der Waals surface area contributed by atoms with Crippen molar-refractivity contribution in [3.05, 3.63) is 45.9 Å². The first-order valence-electron chi connectivity index (χ1n) is 6.29. The molecule has 110 valence electrons. The van der Waals surface area contributed by atoms with Crippen LogP contribution in [0.15, 0.2) is 29.6 Å². The number of aromatic nitrogens is 1. The van der Waals surface area contributed by atoms with Gasteiger partial charge in [0.05, 0.1) is 11.3 Å². The summed E-state index contributed by atoms with van der Waals surface area (Å²) in [5.41, 5.74) is 6.67. The van der Waals surface area contributed by atoms with Gasteiger partial charge in [0.1, 0.15) is 10.7 Å². The van der Waals surface area contributed by atoms with Gasteiger partial charge in [-0.25, -0.2) is 4.98 Å². The Kier molecular flexibility index (Phi) is 4.66. The highest BCUT2D eigenvalue weighted by molar-refractivity contribution is 7.09. The number of carbonyl (C=O) groups is 2. The van der Waals surface area contributed by atoms with Gasteiger partial charge in [-0.3, -0.25) is 9.59 Å². The summed E-state index contributed by atoms with van der Waals surface area (Å²) in [4.78, 5) is 29.8. The van der Waals surface area contributed by atoms with E-state index in [0.29, 0.717) is 28.5 Å². The van der Waals surface area contributed by atoms with Crippen LogP contribution >= 0.6 is 11.3 Å². The van der Waals surface area contributed by atoms with Crippen molar-refractivity contribution in [2.45, 2.75) is 6.54 Å². The topological polar surface area (TPSA) is 88.3 Å². The van der Waals surface area contributed by atoms with Gasteiger partial charge in [0, 0.05) is 26.0 Å². The van der Waals surface area contributed by atoms with E-state index in [2.05, 4.69) is 10.3 Å². The number of thiazole rings is 1. The van der Waals surface area contributed by atoms with Gasteiger partial charge in [-0.1, -0.05) is 12.1 Å². The molecule has 0 aliphatic rings. The fourth-order valence-electron chi connectivity index (χ4n) is 1.71. The minimum absolute atomic E-state index is 0.174. The van der Waals surface area contributed by atoms with E-state index in [0.717, 1.165) is 0 Å². The van der Waals surface area contributed by atoms with E-state index in [-0.39, 0.29) is 11.8 Å². The van der Waals surface area contributed by atoms with E-state index in [9.17, 15) is 9.59 Å². The average molecular weight is 304 g/mol. The van der Waals surface area contributed by atoms with Gasteiger partial charge >= 0.3 is 0 Å². The lowest BCUT2D eigenvalue weighted by Gasteiger charge is -2.14. The number of rotatable bonds is 4. The predicted octanol–water partition coefficient (Wildman–Crippen LogP) is 1.56. The van der Waals surface area contributed by atoms with Crippen LogP contribution in [0.5, 0.6) is 0 Å². The zero-order valence-electron chi connectivity index (χ0n) is 11.8. The molecule has 0 saturated carbocycles. The summed E-state index contributed by atoms with van der Waals surface area (Å²) in [6.07, 6.45) is 0. The highest BCUT2D eigenvalue weighted by Gasteiger charge is 2.16. The number of carbonyl (C=O) groups excluding carboxylic acids is 2. The van der Waals surface area contributed by atoms with Gasteiger partial charge in [0.15, 0.2) is 0 Å². The molecule has 0 radical (unpaired) electrons. The van der Waals surface area contributed by atoms with Crippen LogP contribution < -0.4 is 11.1 Å². The minimum atomic E-state index is -0.357. The second-order valence-corrected chi connectivity index (χ2v) is 5.47. The summed E-state index contributed by atoms with van der Waals surface area (Å²) in [6, 6.07) is 6.87. The first-order chi connectivity index (χ1) is 10.0. The maximum Gasteiger partial charge on any atom is 0.275 e. The van der Waals surface area contributed by atoms with Gasteiger partial charge in [-0.2, -0.15) is 0 Å². The third-order valence-electron chi connectivity index (χ3n) is 2.77. The molecule has 2 rings (SSSR count). The zero-order chi connectivity index (χ0) is 15.4. The Morgan fingerprint density at radius 3 is 2.67 bits per heavy atom. The molecular formula is C14H16N4O2S.